The lowest BCUT2D eigenvalue weighted by Gasteiger charge is -2.19. The maximum absolute atomic E-state index is 12.5. The van der Waals surface area contributed by atoms with Gasteiger partial charge in [-0.25, -0.2) is 0 Å². The van der Waals surface area contributed by atoms with Crippen molar-refractivity contribution in [3.63, 3.8) is 0 Å². The quantitative estimate of drug-likeness (QED) is 0.883. The largest absolute Gasteiger partial charge is 0.486 e. The lowest BCUT2D eigenvalue weighted by Crippen LogP contribution is -2.13. The highest BCUT2D eigenvalue weighted by Crippen LogP contribution is 2.31. The first-order valence-electron chi connectivity index (χ1n) is 7.00. The summed E-state index contributed by atoms with van der Waals surface area (Å²) in [5, 5.41) is 0. The van der Waals surface area contributed by atoms with E-state index < -0.39 is 11.7 Å². The van der Waals surface area contributed by atoms with E-state index in [0.29, 0.717) is 18.7 Å². The molecule has 0 radical (unpaired) electrons. The number of alkyl halides is 3. The third kappa shape index (κ3) is 4.24. The van der Waals surface area contributed by atoms with Gasteiger partial charge in [-0.15, -0.1) is 0 Å². The van der Waals surface area contributed by atoms with Crippen molar-refractivity contribution >= 4 is 0 Å². The average Bonchev–Trinajstić information content (AvgIpc) is 2.47. The molecular weight excluding hydrogens is 291 g/mol. The van der Waals surface area contributed by atoms with Gasteiger partial charge in [0.05, 0.1) is 5.56 Å². The Bertz CT molecular complexity index is 591. The Morgan fingerprint density at radius 2 is 1.59 bits per heavy atom. The van der Waals surface area contributed by atoms with Gasteiger partial charge in [-0.2, -0.15) is 13.2 Å². The molecule has 22 heavy (non-hydrogen) atoms. The number of rotatable bonds is 5. The molecule has 0 fully saturated rings. The van der Waals surface area contributed by atoms with Gasteiger partial charge in [0.2, 0.25) is 0 Å². The van der Waals surface area contributed by atoms with Crippen LogP contribution in [0.5, 0.6) is 5.75 Å². The van der Waals surface area contributed by atoms with Gasteiger partial charge < -0.3 is 10.5 Å². The molecule has 0 amide bonds. The van der Waals surface area contributed by atoms with Crippen LogP contribution in [0.4, 0.5) is 13.2 Å². The standard InChI is InChI=1S/C17H18F3NO/c1-12-2-4-13(5-3-12)16(10-11-21)22-15-8-6-14(7-9-15)17(18,19)20/h2-9,16H,10-11,21H2,1H3. The molecule has 2 aromatic carbocycles. The molecule has 0 bridgehead atoms. The minimum Gasteiger partial charge on any atom is -0.486 e. The summed E-state index contributed by atoms with van der Waals surface area (Å²) < 4.78 is 43.4. The first-order valence-corrected chi connectivity index (χ1v) is 7.00. The van der Waals surface area contributed by atoms with Crippen LogP contribution < -0.4 is 10.5 Å². The van der Waals surface area contributed by atoms with E-state index >= 15 is 0 Å². The van der Waals surface area contributed by atoms with Crippen LogP contribution in [-0.4, -0.2) is 6.54 Å². The van der Waals surface area contributed by atoms with Crippen LogP contribution in [0.25, 0.3) is 0 Å². The fourth-order valence-corrected chi connectivity index (χ4v) is 2.11. The number of benzene rings is 2. The second-order valence-corrected chi connectivity index (χ2v) is 5.12. The molecule has 0 saturated carbocycles. The second-order valence-electron chi connectivity index (χ2n) is 5.12. The Morgan fingerprint density at radius 1 is 1.00 bits per heavy atom. The number of ether oxygens (including phenoxy) is 1. The molecule has 5 heteroatoms. The Hall–Kier alpha value is -2.01. The fraction of sp³-hybridized carbons (Fsp3) is 0.294. The normalized spacial score (nSPS) is 13.0. The molecule has 118 valence electrons. The molecule has 2 N–H and O–H groups in total. The number of nitrogens with two attached hydrogens (primary N) is 1. The topological polar surface area (TPSA) is 35.2 Å². The Labute approximate surface area is 127 Å². The van der Waals surface area contributed by atoms with Gasteiger partial charge in [0, 0.05) is 6.42 Å². The molecule has 0 spiro atoms. The first kappa shape index (κ1) is 16.4. The van der Waals surface area contributed by atoms with Crippen molar-refractivity contribution in [2.24, 2.45) is 5.73 Å². The van der Waals surface area contributed by atoms with E-state index in [1.165, 1.54) is 12.1 Å². The molecule has 1 atom stereocenters. The molecule has 0 heterocycles. The van der Waals surface area contributed by atoms with E-state index in [4.69, 9.17) is 10.5 Å². The summed E-state index contributed by atoms with van der Waals surface area (Å²) >= 11 is 0. The first-order chi connectivity index (χ1) is 10.4. The van der Waals surface area contributed by atoms with Crippen LogP contribution in [0.2, 0.25) is 0 Å². The predicted molar refractivity (Wildman–Crippen MR) is 79.7 cm³/mol. The van der Waals surface area contributed by atoms with Gasteiger partial charge in [-0.05, 0) is 43.3 Å². The van der Waals surface area contributed by atoms with Crippen molar-refractivity contribution in [2.45, 2.75) is 25.6 Å². The lowest BCUT2D eigenvalue weighted by molar-refractivity contribution is -0.137. The van der Waals surface area contributed by atoms with Crippen molar-refractivity contribution < 1.29 is 17.9 Å². The molecule has 0 aromatic heterocycles. The van der Waals surface area contributed by atoms with Crippen molar-refractivity contribution in [1.29, 1.82) is 0 Å². The van der Waals surface area contributed by atoms with Gasteiger partial charge in [0.1, 0.15) is 11.9 Å². The molecule has 2 aromatic rings. The maximum atomic E-state index is 12.5. The number of halogens is 3. The predicted octanol–water partition coefficient (Wildman–Crippen LogP) is 4.48. The highest BCUT2D eigenvalue weighted by molar-refractivity contribution is 5.30. The van der Waals surface area contributed by atoms with Gasteiger partial charge >= 0.3 is 6.18 Å². The molecule has 1 unspecified atom stereocenters. The Kier molecular flexibility index (Phi) is 5.08. The molecule has 0 aliphatic rings. The van der Waals surface area contributed by atoms with Gasteiger partial charge in [0.15, 0.2) is 0 Å². The monoisotopic (exact) mass is 309 g/mol. The summed E-state index contributed by atoms with van der Waals surface area (Å²) in [4.78, 5) is 0. The molecule has 0 aliphatic heterocycles. The maximum Gasteiger partial charge on any atom is 0.416 e. The summed E-state index contributed by atoms with van der Waals surface area (Å²) in [7, 11) is 0. The number of hydrogen-bond acceptors (Lipinski definition) is 2. The van der Waals surface area contributed by atoms with Crippen LogP contribution in [0.15, 0.2) is 48.5 Å². The molecule has 2 nitrogen and oxygen atoms in total. The van der Waals surface area contributed by atoms with E-state index in [1.54, 1.807) is 0 Å². The highest BCUT2D eigenvalue weighted by Gasteiger charge is 2.30. The van der Waals surface area contributed by atoms with Crippen LogP contribution in [-0.2, 0) is 6.18 Å². The minimum atomic E-state index is -4.34. The summed E-state index contributed by atoms with van der Waals surface area (Å²) in [5.41, 5.74) is 7.00. The zero-order chi connectivity index (χ0) is 16.2. The molecule has 0 aliphatic carbocycles. The summed E-state index contributed by atoms with van der Waals surface area (Å²) in [6.45, 7) is 2.41. The van der Waals surface area contributed by atoms with E-state index in [2.05, 4.69) is 0 Å². The second kappa shape index (κ2) is 6.83. The van der Waals surface area contributed by atoms with Crippen LogP contribution in [0.3, 0.4) is 0 Å². The summed E-state index contributed by atoms with van der Waals surface area (Å²) in [5.74, 6) is 0.395. The van der Waals surface area contributed by atoms with Crippen molar-refractivity contribution in [3.05, 3.63) is 65.2 Å². The van der Waals surface area contributed by atoms with E-state index in [0.717, 1.165) is 23.3 Å². The lowest BCUT2D eigenvalue weighted by atomic mass is 10.0. The third-order valence-corrected chi connectivity index (χ3v) is 3.34. The van der Waals surface area contributed by atoms with Crippen LogP contribution >= 0.6 is 0 Å². The molecule has 2 rings (SSSR count). The summed E-state index contributed by atoms with van der Waals surface area (Å²) in [6.07, 6.45) is -4.03. The molecule has 0 saturated heterocycles. The van der Waals surface area contributed by atoms with Gasteiger partial charge in [-0.3, -0.25) is 0 Å². The number of aryl methyl sites for hydroxylation is 1. The smallest absolute Gasteiger partial charge is 0.416 e. The zero-order valence-corrected chi connectivity index (χ0v) is 12.2. The van der Waals surface area contributed by atoms with Crippen molar-refractivity contribution in [1.82, 2.24) is 0 Å². The van der Waals surface area contributed by atoms with Crippen LogP contribution in [0.1, 0.15) is 29.2 Å². The number of hydrogen-bond donors (Lipinski definition) is 1. The van der Waals surface area contributed by atoms with E-state index in [-0.39, 0.29) is 6.10 Å². The van der Waals surface area contributed by atoms with E-state index in [9.17, 15) is 13.2 Å². The third-order valence-electron chi connectivity index (χ3n) is 3.34. The van der Waals surface area contributed by atoms with E-state index in [1.807, 2.05) is 31.2 Å². The fourth-order valence-electron chi connectivity index (χ4n) is 2.11. The molecular formula is C17H18F3NO. The van der Waals surface area contributed by atoms with Crippen molar-refractivity contribution in [3.8, 4) is 5.75 Å². The SMILES string of the molecule is Cc1ccc(C(CCN)Oc2ccc(C(F)(F)F)cc2)cc1. The van der Waals surface area contributed by atoms with Gasteiger partial charge in [0.25, 0.3) is 0 Å². The Balaban J connectivity index is 2.15. The van der Waals surface area contributed by atoms with Crippen LogP contribution in [0, 0.1) is 6.92 Å². The minimum absolute atomic E-state index is 0.276. The zero-order valence-electron chi connectivity index (χ0n) is 12.2. The summed E-state index contributed by atoms with van der Waals surface area (Å²) in [6, 6.07) is 12.5. The highest BCUT2D eigenvalue weighted by atomic mass is 19.4. The Morgan fingerprint density at radius 3 is 2.09 bits per heavy atom. The average molecular weight is 309 g/mol. The van der Waals surface area contributed by atoms with Crippen molar-refractivity contribution in [2.75, 3.05) is 6.54 Å². The van der Waals surface area contributed by atoms with Gasteiger partial charge in [-0.1, -0.05) is 29.8 Å².